The number of hydrogen-bond donors (Lipinski definition) is 1. The molecule has 0 radical (unpaired) electrons. The SMILES string of the molecule is COc1cc(/C=C(\C#N)S(=O)(=O)Nc2ccc(F)cc2)cc(OC)c1OC. The van der Waals surface area contributed by atoms with Crippen LogP contribution in [0.3, 0.4) is 0 Å². The van der Waals surface area contributed by atoms with Crippen LogP contribution in [-0.4, -0.2) is 29.7 Å². The van der Waals surface area contributed by atoms with Crippen LogP contribution in [0.1, 0.15) is 5.56 Å². The second-order valence-electron chi connectivity index (χ2n) is 5.19. The Hall–Kier alpha value is -3.25. The third kappa shape index (κ3) is 4.68. The van der Waals surface area contributed by atoms with E-state index < -0.39 is 20.7 Å². The number of hydrogen-bond acceptors (Lipinski definition) is 6. The molecule has 2 rings (SSSR count). The fraction of sp³-hybridized carbons (Fsp3) is 0.167. The van der Waals surface area contributed by atoms with Crippen LogP contribution in [0, 0.1) is 17.1 Å². The van der Waals surface area contributed by atoms with Crippen molar-refractivity contribution in [2.45, 2.75) is 0 Å². The molecule has 0 atom stereocenters. The Labute approximate surface area is 156 Å². The van der Waals surface area contributed by atoms with E-state index in [1.807, 2.05) is 0 Å². The van der Waals surface area contributed by atoms with Crippen LogP contribution in [0.25, 0.3) is 6.08 Å². The van der Waals surface area contributed by atoms with E-state index in [0.717, 1.165) is 18.2 Å². The quantitative estimate of drug-likeness (QED) is 0.727. The van der Waals surface area contributed by atoms with E-state index in [-0.39, 0.29) is 5.69 Å². The fourth-order valence-electron chi connectivity index (χ4n) is 2.23. The number of halogens is 1. The minimum absolute atomic E-state index is 0.127. The van der Waals surface area contributed by atoms with Crippen molar-refractivity contribution in [1.82, 2.24) is 0 Å². The van der Waals surface area contributed by atoms with E-state index in [9.17, 15) is 18.1 Å². The maximum Gasteiger partial charge on any atom is 0.272 e. The predicted octanol–water partition coefficient (Wildman–Crippen LogP) is 3.16. The molecule has 0 aromatic heterocycles. The van der Waals surface area contributed by atoms with Gasteiger partial charge in [-0.25, -0.2) is 12.8 Å². The lowest BCUT2D eigenvalue weighted by molar-refractivity contribution is 0.324. The number of benzene rings is 2. The molecule has 9 heteroatoms. The van der Waals surface area contributed by atoms with E-state index in [1.165, 1.54) is 45.6 Å². The number of nitriles is 1. The molecule has 0 aliphatic rings. The first-order chi connectivity index (χ1) is 12.8. The normalized spacial score (nSPS) is 11.4. The molecule has 0 bridgehead atoms. The van der Waals surface area contributed by atoms with Crippen LogP contribution >= 0.6 is 0 Å². The zero-order chi connectivity index (χ0) is 20.0. The molecule has 2 aromatic rings. The summed E-state index contributed by atoms with van der Waals surface area (Å²) < 4.78 is 55.7. The predicted molar refractivity (Wildman–Crippen MR) is 98.6 cm³/mol. The second-order valence-corrected chi connectivity index (χ2v) is 6.84. The lowest BCUT2D eigenvalue weighted by atomic mass is 10.1. The molecular weight excluding hydrogens is 375 g/mol. The highest BCUT2D eigenvalue weighted by Gasteiger charge is 2.19. The number of nitrogens with zero attached hydrogens (tertiary/aromatic N) is 1. The Morgan fingerprint density at radius 1 is 1.07 bits per heavy atom. The molecule has 7 nitrogen and oxygen atoms in total. The topological polar surface area (TPSA) is 97.7 Å². The van der Waals surface area contributed by atoms with Gasteiger partial charge in [0.15, 0.2) is 16.4 Å². The molecule has 0 unspecified atom stereocenters. The minimum Gasteiger partial charge on any atom is -0.493 e. The minimum atomic E-state index is -4.18. The number of allylic oxidation sites excluding steroid dienone is 1. The van der Waals surface area contributed by atoms with Gasteiger partial charge in [-0.05, 0) is 48.0 Å². The van der Waals surface area contributed by atoms with Crippen LogP contribution in [-0.2, 0) is 10.0 Å². The van der Waals surface area contributed by atoms with Gasteiger partial charge in [0.2, 0.25) is 5.75 Å². The molecule has 142 valence electrons. The summed E-state index contributed by atoms with van der Waals surface area (Å²) in [7, 11) is 0.100. The largest absolute Gasteiger partial charge is 0.493 e. The van der Waals surface area contributed by atoms with Crippen LogP contribution in [0.15, 0.2) is 41.3 Å². The van der Waals surface area contributed by atoms with E-state index in [4.69, 9.17) is 14.2 Å². The number of nitrogens with one attached hydrogen (secondary N) is 1. The van der Waals surface area contributed by atoms with Crippen molar-refractivity contribution in [3.63, 3.8) is 0 Å². The van der Waals surface area contributed by atoms with Crippen molar-refractivity contribution in [3.8, 4) is 23.3 Å². The summed E-state index contributed by atoms with van der Waals surface area (Å²) in [6, 6.07) is 9.37. The molecule has 0 aliphatic heterocycles. The van der Waals surface area contributed by atoms with Gasteiger partial charge in [-0.2, -0.15) is 5.26 Å². The van der Waals surface area contributed by atoms with Crippen LogP contribution in [0.5, 0.6) is 17.2 Å². The molecule has 0 fully saturated rings. The summed E-state index contributed by atoms with van der Waals surface area (Å²) in [6.07, 6.45) is 1.16. The molecule has 27 heavy (non-hydrogen) atoms. The molecule has 0 saturated carbocycles. The first-order valence-corrected chi connectivity index (χ1v) is 9.03. The first-order valence-electron chi connectivity index (χ1n) is 7.54. The van der Waals surface area contributed by atoms with Gasteiger partial charge in [0.05, 0.1) is 21.3 Å². The average Bonchev–Trinajstić information content (AvgIpc) is 2.66. The third-order valence-corrected chi connectivity index (χ3v) is 4.77. The van der Waals surface area contributed by atoms with Gasteiger partial charge in [0.25, 0.3) is 10.0 Å². The Morgan fingerprint density at radius 3 is 2.07 bits per heavy atom. The number of ether oxygens (including phenoxy) is 3. The number of anilines is 1. The Morgan fingerprint density at radius 2 is 1.63 bits per heavy atom. The van der Waals surface area contributed by atoms with Crippen molar-refractivity contribution in [2.24, 2.45) is 0 Å². The third-order valence-electron chi connectivity index (χ3n) is 3.48. The summed E-state index contributed by atoms with van der Waals surface area (Å²) in [5, 5.41) is 9.31. The highest BCUT2D eigenvalue weighted by molar-refractivity contribution is 7.96. The van der Waals surface area contributed by atoms with Gasteiger partial charge in [0, 0.05) is 5.69 Å². The zero-order valence-corrected chi connectivity index (χ0v) is 15.6. The monoisotopic (exact) mass is 392 g/mol. The molecule has 1 N–H and O–H groups in total. The standard InChI is InChI=1S/C18H17FN2O5S/c1-24-16-9-12(10-17(25-2)18(16)26-3)8-15(11-20)27(22,23)21-14-6-4-13(19)5-7-14/h4-10,21H,1-3H3/b15-8+. The Balaban J connectivity index is 2.45. The number of sulfonamides is 1. The molecule has 2 aromatic carbocycles. The zero-order valence-electron chi connectivity index (χ0n) is 14.8. The van der Waals surface area contributed by atoms with E-state index in [2.05, 4.69) is 4.72 Å². The lowest BCUT2D eigenvalue weighted by Gasteiger charge is -2.13. The first kappa shape index (κ1) is 20.1. The summed E-state index contributed by atoms with van der Waals surface area (Å²) in [5.74, 6) is 0.447. The summed E-state index contributed by atoms with van der Waals surface area (Å²) in [5.41, 5.74) is 0.480. The highest BCUT2D eigenvalue weighted by atomic mass is 32.2. The van der Waals surface area contributed by atoms with Crippen LogP contribution in [0.4, 0.5) is 10.1 Å². The van der Waals surface area contributed by atoms with Gasteiger partial charge < -0.3 is 14.2 Å². The Kier molecular flexibility index (Phi) is 6.26. The van der Waals surface area contributed by atoms with Gasteiger partial charge in [0.1, 0.15) is 11.9 Å². The number of rotatable bonds is 7. The highest BCUT2D eigenvalue weighted by Crippen LogP contribution is 2.38. The average molecular weight is 392 g/mol. The number of methoxy groups -OCH3 is 3. The van der Waals surface area contributed by atoms with Crippen molar-refractivity contribution < 1.29 is 27.0 Å². The molecule has 0 aliphatic carbocycles. The lowest BCUT2D eigenvalue weighted by Crippen LogP contribution is -2.14. The van der Waals surface area contributed by atoms with E-state index in [0.29, 0.717) is 22.8 Å². The summed E-state index contributed by atoms with van der Waals surface area (Å²) >= 11 is 0. The molecule has 0 saturated heterocycles. The van der Waals surface area contributed by atoms with Crippen molar-refractivity contribution >= 4 is 21.8 Å². The van der Waals surface area contributed by atoms with Gasteiger partial charge in [-0.15, -0.1) is 0 Å². The summed E-state index contributed by atoms with van der Waals surface area (Å²) in [4.78, 5) is -0.541. The van der Waals surface area contributed by atoms with Crippen molar-refractivity contribution in [1.29, 1.82) is 5.26 Å². The Bertz CT molecular complexity index is 970. The fourth-order valence-corrected chi connectivity index (χ4v) is 3.20. The second kappa shape index (κ2) is 8.42. The van der Waals surface area contributed by atoms with Crippen LogP contribution < -0.4 is 18.9 Å². The van der Waals surface area contributed by atoms with Crippen molar-refractivity contribution in [3.05, 3.63) is 52.7 Å². The smallest absolute Gasteiger partial charge is 0.272 e. The van der Waals surface area contributed by atoms with E-state index in [1.54, 1.807) is 6.07 Å². The van der Waals surface area contributed by atoms with Gasteiger partial charge in [-0.1, -0.05) is 0 Å². The van der Waals surface area contributed by atoms with Gasteiger partial charge in [-0.3, -0.25) is 4.72 Å². The van der Waals surface area contributed by atoms with Gasteiger partial charge >= 0.3 is 0 Å². The maximum atomic E-state index is 13.0. The van der Waals surface area contributed by atoms with Crippen LogP contribution in [0.2, 0.25) is 0 Å². The maximum absolute atomic E-state index is 13.0. The molecular formula is C18H17FN2O5S. The molecule has 0 heterocycles. The summed E-state index contributed by atoms with van der Waals surface area (Å²) in [6.45, 7) is 0. The van der Waals surface area contributed by atoms with E-state index >= 15 is 0 Å². The van der Waals surface area contributed by atoms with Crippen molar-refractivity contribution in [2.75, 3.05) is 26.1 Å². The molecule has 0 spiro atoms. The molecule has 0 amide bonds.